The lowest BCUT2D eigenvalue weighted by atomic mass is 9.96. The van der Waals surface area contributed by atoms with E-state index in [0.29, 0.717) is 0 Å². The molecule has 0 N–H and O–H groups in total. The summed E-state index contributed by atoms with van der Waals surface area (Å²) in [5, 5.41) is 0. The summed E-state index contributed by atoms with van der Waals surface area (Å²) in [6, 6.07) is 0. The molecule has 0 fully saturated rings. The standard InChI is InChI=1S/C12H16O.2C2H6/c1-4-10-8-6-7-9(3)12(13)11(10)5-2;2*1-2/h4-5,9H,1-2,6-8H2,3H3;2*1-2H3. The summed E-state index contributed by atoms with van der Waals surface area (Å²) in [5.74, 6) is 0.368. The Morgan fingerprint density at radius 1 is 1.12 bits per heavy atom. The summed E-state index contributed by atoms with van der Waals surface area (Å²) in [5.41, 5.74) is 1.84. The SMILES string of the molecule is C=CC1=C(C=C)C(=O)C(C)CCC1.CC.CC. The maximum Gasteiger partial charge on any atom is 0.165 e. The van der Waals surface area contributed by atoms with Crippen LogP contribution in [0.5, 0.6) is 0 Å². The Morgan fingerprint density at radius 2 is 1.65 bits per heavy atom. The number of carbonyl (C=O) groups excluding carboxylic acids is 1. The van der Waals surface area contributed by atoms with Crippen molar-refractivity contribution < 1.29 is 4.79 Å². The van der Waals surface area contributed by atoms with E-state index in [4.69, 9.17) is 0 Å². The maximum atomic E-state index is 11.8. The summed E-state index contributed by atoms with van der Waals surface area (Å²) in [6.45, 7) is 17.4. The van der Waals surface area contributed by atoms with Crippen molar-refractivity contribution in [3.63, 3.8) is 0 Å². The van der Waals surface area contributed by atoms with E-state index in [2.05, 4.69) is 13.2 Å². The van der Waals surface area contributed by atoms with Crippen molar-refractivity contribution in [3.05, 3.63) is 36.5 Å². The number of hydrogen-bond donors (Lipinski definition) is 0. The average Bonchev–Trinajstić information content (AvgIpc) is 2.54. The first-order valence-electron chi connectivity index (χ1n) is 6.73. The van der Waals surface area contributed by atoms with Crippen LogP contribution in [0.25, 0.3) is 0 Å². The summed E-state index contributed by atoms with van der Waals surface area (Å²) >= 11 is 0. The highest BCUT2D eigenvalue weighted by Gasteiger charge is 2.20. The van der Waals surface area contributed by atoms with Gasteiger partial charge in [0.05, 0.1) is 0 Å². The van der Waals surface area contributed by atoms with Gasteiger partial charge < -0.3 is 0 Å². The normalized spacial score (nSPS) is 19.1. The molecule has 0 aromatic carbocycles. The molecule has 1 aliphatic carbocycles. The Labute approximate surface area is 107 Å². The van der Waals surface area contributed by atoms with Gasteiger partial charge in [0.2, 0.25) is 0 Å². The lowest BCUT2D eigenvalue weighted by Crippen LogP contribution is -2.11. The molecule has 0 aromatic heterocycles. The van der Waals surface area contributed by atoms with Gasteiger partial charge in [-0.2, -0.15) is 0 Å². The molecular formula is C16H28O. The summed E-state index contributed by atoms with van der Waals surface area (Å²) < 4.78 is 0. The van der Waals surface area contributed by atoms with E-state index < -0.39 is 0 Å². The highest BCUT2D eigenvalue weighted by Crippen LogP contribution is 2.26. The van der Waals surface area contributed by atoms with Gasteiger partial charge in [0.15, 0.2) is 5.78 Å². The Bertz CT molecular complexity index is 271. The van der Waals surface area contributed by atoms with Crippen molar-refractivity contribution in [2.75, 3.05) is 0 Å². The predicted octanol–water partition coefficient (Wildman–Crippen LogP) is 5.10. The topological polar surface area (TPSA) is 17.1 Å². The van der Waals surface area contributed by atoms with Gasteiger partial charge in [-0.05, 0) is 24.8 Å². The van der Waals surface area contributed by atoms with E-state index >= 15 is 0 Å². The zero-order chi connectivity index (χ0) is 13.8. The summed E-state index contributed by atoms with van der Waals surface area (Å²) in [7, 11) is 0. The van der Waals surface area contributed by atoms with Crippen LogP contribution in [0, 0.1) is 5.92 Å². The van der Waals surface area contributed by atoms with Crippen LogP contribution in [0.1, 0.15) is 53.9 Å². The molecule has 0 radical (unpaired) electrons. The Kier molecular flexibility index (Phi) is 12.2. The molecule has 1 unspecified atom stereocenters. The van der Waals surface area contributed by atoms with Crippen molar-refractivity contribution in [3.8, 4) is 0 Å². The second-order valence-electron chi connectivity index (χ2n) is 3.50. The average molecular weight is 236 g/mol. The number of allylic oxidation sites excluding steroid dienone is 4. The molecule has 1 aliphatic rings. The predicted molar refractivity (Wildman–Crippen MR) is 78.1 cm³/mol. The fourth-order valence-corrected chi connectivity index (χ4v) is 1.73. The molecule has 0 aliphatic heterocycles. The van der Waals surface area contributed by atoms with Crippen LogP contribution in [-0.4, -0.2) is 5.78 Å². The van der Waals surface area contributed by atoms with E-state index in [1.54, 1.807) is 12.2 Å². The smallest absolute Gasteiger partial charge is 0.165 e. The third kappa shape index (κ3) is 5.67. The first kappa shape index (κ1) is 18.3. The second-order valence-corrected chi connectivity index (χ2v) is 3.50. The highest BCUT2D eigenvalue weighted by atomic mass is 16.1. The molecule has 17 heavy (non-hydrogen) atoms. The monoisotopic (exact) mass is 236 g/mol. The molecule has 0 spiro atoms. The van der Waals surface area contributed by atoms with Crippen LogP contribution >= 0.6 is 0 Å². The number of ketones is 1. The van der Waals surface area contributed by atoms with Crippen molar-refractivity contribution in [1.29, 1.82) is 0 Å². The Morgan fingerprint density at radius 3 is 2.06 bits per heavy atom. The lowest BCUT2D eigenvalue weighted by Gasteiger charge is -2.06. The number of carbonyl (C=O) groups is 1. The fraction of sp³-hybridized carbons (Fsp3) is 0.562. The molecule has 1 heteroatoms. The fourth-order valence-electron chi connectivity index (χ4n) is 1.73. The summed E-state index contributed by atoms with van der Waals surface area (Å²) in [6.07, 6.45) is 6.47. The van der Waals surface area contributed by atoms with Gasteiger partial charge in [-0.25, -0.2) is 0 Å². The molecule has 0 saturated carbocycles. The van der Waals surface area contributed by atoms with Gasteiger partial charge in [-0.15, -0.1) is 0 Å². The molecule has 0 saturated heterocycles. The molecule has 0 heterocycles. The minimum atomic E-state index is 0.144. The first-order chi connectivity index (χ1) is 8.20. The molecule has 0 bridgehead atoms. The number of rotatable bonds is 2. The quantitative estimate of drug-likeness (QED) is 0.652. The minimum Gasteiger partial charge on any atom is -0.294 e. The minimum absolute atomic E-state index is 0.144. The van der Waals surface area contributed by atoms with Gasteiger partial charge in [0.25, 0.3) is 0 Å². The van der Waals surface area contributed by atoms with Crippen LogP contribution in [-0.2, 0) is 4.79 Å². The van der Waals surface area contributed by atoms with E-state index in [0.717, 1.165) is 30.4 Å². The van der Waals surface area contributed by atoms with Gasteiger partial charge >= 0.3 is 0 Å². The van der Waals surface area contributed by atoms with Crippen molar-refractivity contribution >= 4 is 5.78 Å². The number of Topliss-reactive ketones (excluding diaryl/α,β-unsaturated/α-hetero) is 1. The Balaban J connectivity index is 0. The molecule has 98 valence electrons. The van der Waals surface area contributed by atoms with Crippen LogP contribution in [0.15, 0.2) is 36.5 Å². The molecular weight excluding hydrogens is 208 g/mol. The van der Waals surface area contributed by atoms with Crippen LogP contribution in [0.4, 0.5) is 0 Å². The van der Waals surface area contributed by atoms with Crippen molar-refractivity contribution in [2.45, 2.75) is 53.9 Å². The number of hydrogen-bond acceptors (Lipinski definition) is 1. The molecule has 1 rings (SSSR count). The third-order valence-electron chi connectivity index (χ3n) is 2.59. The lowest BCUT2D eigenvalue weighted by molar-refractivity contribution is -0.118. The van der Waals surface area contributed by atoms with Crippen molar-refractivity contribution in [1.82, 2.24) is 0 Å². The first-order valence-corrected chi connectivity index (χ1v) is 6.73. The zero-order valence-electron chi connectivity index (χ0n) is 12.2. The van der Waals surface area contributed by atoms with Gasteiger partial charge in [-0.3, -0.25) is 4.79 Å². The largest absolute Gasteiger partial charge is 0.294 e. The van der Waals surface area contributed by atoms with E-state index in [1.165, 1.54) is 0 Å². The molecule has 1 nitrogen and oxygen atoms in total. The van der Waals surface area contributed by atoms with E-state index in [9.17, 15) is 4.79 Å². The molecule has 0 aromatic rings. The highest BCUT2D eigenvalue weighted by molar-refractivity contribution is 6.00. The zero-order valence-corrected chi connectivity index (χ0v) is 12.2. The van der Waals surface area contributed by atoms with E-state index in [1.807, 2.05) is 34.6 Å². The van der Waals surface area contributed by atoms with Gasteiger partial charge in [-0.1, -0.05) is 59.9 Å². The van der Waals surface area contributed by atoms with Gasteiger partial charge in [0, 0.05) is 11.5 Å². The van der Waals surface area contributed by atoms with E-state index in [-0.39, 0.29) is 11.7 Å². The maximum absolute atomic E-state index is 11.8. The van der Waals surface area contributed by atoms with Crippen LogP contribution in [0.3, 0.4) is 0 Å². The van der Waals surface area contributed by atoms with Gasteiger partial charge in [0.1, 0.15) is 0 Å². The van der Waals surface area contributed by atoms with Crippen molar-refractivity contribution in [2.24, 2.45) is 5.92 Å². The van der Waals surface area contributed by atoms with Crippen LogP contribution < -0.4 is 0 Å². The Hall–Kier alpha value is -1.11. The molecule has 0 amide bonds. The molecule has 1 atom stereocenters. The second kappa shape index (κ2) is 11.4. The van der Waals surface area contributed by atoms with Crippen LogP contribution in [0.2, 0.25) is 0 Å². The third-order valence-corrected chi connectivity index (χ3v) is 2.59. The summed E-state index contributed by atoms with van der Waals surface area (Å²) in [4.78, 5) is 11.8.